The first-order valence-corrected chi connectivity index (χ1v) is 10.8. The Morgan fingerprint density at radius 2 is 1.69 bits per heavy atom. The molecule has 2 N–H and O–H groups in total. The van der Waals surface area contributed by atoms with E-state index in [1.54, 1.807) is 12.1 Å². The van der Waals surface area contributed by atoms with Gasteiger partial charge in [0.1, 0.15) is 5.75 Å². The second-order valence-electron chi connectivity index (χ2n) is 6.99. The van der Waals surface area contributed by atoms with Gasteiger partial charge in [-0.15, -0.1) is 0 Å². The van der Waals surface area contributed by atoms with Crippen LogP contribution >= 0.6 is 0 Å². The molecule has 29 heavy (non-hydrogen) atoms. The molecule has 1 fully saturated rings. The van der Waals surface area contributed by atoms with Crippen LogP contribution < -0.4 is 19.7 Å². The van der Waals surface area contributed by atoms with Crippen LogP contribution in [0.5, 0.6) is 5.75 Å². The zero-order valence-electron chi connectivity index (χ0n) is 16.8. The van der Waals surface area contributed by atoms with Crippen LogP contribution in [0, 0.1) is 0 Å². The lowest BCUT2D eigenvalue weighted by molar-refractivity contribution is -0.114. The minimum atomic E-state index is -3.82. The van der Waals surface area contributed by atoms with E-state index in [1.807, 2.05) is 12.1 Å². The number of rotatable bonds is 6. The number of carbonyl (C=O) groups is 1. The first kappa shape index (κ1) is 20.9. The number of amides is 1. The number of nitrogens with one attached hydrogen (secondary N) is 2. The number of hydrogen-bond donors (Lipinski definition) is 2. The first-order chi connectivity index (χ1) is 13.8. The summed E-state index contributed by atoms with van der Waals surface area (Å²) >= 11 is 0. The van der Waals surface area contributed by atoms with Crippen LogP contribution in [0.3, 0.4) is 0 Å². The first-order valence-electron chi connectivity index (χ1n) is 9.30. The molecule has 1 aliphatic rings. The Balaban J connectivity index is 1.76. The number of likely N-dealkylation sites (N-methyl/N-ethyl adjacent to an activating group) is 1. The standard InChI is InChI=1S/C20H26N4O4S/c1-15(25)21-19-14-18(8-9-20(19)28-3)29(26,27)22-16-4-6-17(7-5-16)24-12-10-23(2)11-13-24/h4-9,14,22H,10-13H2,1-3H3,(H,21,25). The van der Waals surface area contributed by atoms with Crippen molar-refractivity contribution in [2.75, 3.05) is 55.3 Å². The van der Waals surface area contributed by atoms with E-state index in [0.29, 0.717) is 17.1 Å². The Bertz CT molecular complexity index is 968. The topological polar surface area (TPSA) is 91.0 Å². The number of anilines is 3. The van der Waals surface area contributed by atoms with Crippen LogP contribution in [0.2, 0.25) is 0 Å². The third kappa shape index (κ3) is 5.18. The second kappa shape index (κ2) is 8.71. The largest absolute Gasteiger partial charge is 0.495 e. The molecule has 3 rings (SSSR count). The van der Waals surface area contributed by atoms with E-state index < -0.39 is 10.0 Å². The van der Waals surface area contributed by atoms with Crippen LogP contribution in [0.1, 0.15) is 6.92 Å². The Morgan fingerprint density at radius 3 is 2.28 bits per heavy atom. The summed E-state index contributed by atoms with van der Waals surface area (Å²) in [5.74, 6) is 0.0704. The van der Waals surface area contributed by atoms with E-state index in [1.165, 1.54) is 32.2 Å². The minimum Gasteiger partial charge on any atom is -0.495 e. The molecule has 0 atom stereocenters. The molecule has 0 bridgehead atoms. The molecule has 0 aliphatic carbocycles. The molecular weight excluding hydrogens is 392 g/mol. The lowest BCUT2D eigenvalue weighted by Crippen LogP contribution is -2.44. The molecular formula is C20H26N4O4S. The average molecular weight is 419 g/mol. The van der Waals surface area contributed by atoms with Gasteiger partial charge in [-0.05, 0) is 49.5 Å². The number of benzene rings is 2. The van der Waals surface area contributed by atoms with E-state index in [2.05, 4.69) is 26.9 Å². The van der Waals surface area contributed by atoms with Gasteiger partial charge in [-0.25, -0.2) is 8.42 Å². The Labute approximate surface area is 171 Å². The van der Waals surface area contributed by atoms with Crippen molar-refractivity contribution >= 4 is 33.0 Å². The summed E-state index contributed by atoms with van der Waals surface area (Å²) in [6.07, 6.45) is 0. The van der Waals surface area contributed by atoms with Gasteiger partial charge in [-0.3, -0.25) is 9.52 Å². The highest BCUT2D eigenvalue weighted by Crippen LogP contribution is 2.29. The molecule has 8 nitrogen and oxygen atoms in total. The maximum Gasteiger partial charge on any atom is 0.261 e. The van der Waals surface area contributed by atoms with Crippen LogP contribution in [0.25, 0.3) is 0 Å². The van der Waals surface area contributed by atoms with Crippen LogP contribution in [-0.4, -0.2) is 59.6 Å². The zero-order chi connectivity index (χ0) is 21.0. The fourth-order valence-electron chi connectivity index (χ4n) is 3.16. The van der Waals surface area contributed by atoms with Crippen molar-refractivity contribution in [3.63, 3.8) is 0 Å². The van der Waals surface area contributed by atoms with Crippen molar-refractivity contribution in [3.05, 3.63) is 42.5 Å². The maximum absolute atomic E-state index is 12.8. The van der Waals surface area contributed by atoms with Crippen LogP contribution in [0.15, 0.2) is 47.4 Å². The molecule has 1 aliphatic heterocycles. The lowest BCUT2D eigenvalue weighted by atomic mass is 10.2. The third-order valence-electron chi connectivity index (χ3n) is 4.78. The summed E-state index contributed by atoms with van der Waals surface area (Å²) in [5, 5.41) is 2.58. The Morgan fingerprint density at radius 1 is 1.03 bits per heavy atom. The molecule has 1 saturated heterocycles. The molecule has 0 saturated carbocycles. The molecule has 0 aromatic heterocycles. The van der Waals surface area contributed by atoms with Gasteiger partial charge < -0.3 is 19.9 Å². The summed E-state index contributed by atoms with van der Waals surface area (Å²) in [4.78, 5) is 16.0. The van der Waals surface area contributed by atoms with Crippen LogP contribution in [-0.2, 0) is 14.8 Å². The molecule has 2 aromatic carbocycles. The zero-order valence-corrected chi connectivity index (χ0v) is 17.6. The average Bonchev–Trinajstić information content (AvgIpc) is 2.68. The number of sulfonamides is 1. The normalized spacial score (nSPS) is 15.1. The summed E-state index contributed by atoms with van der Waals surface area (Å²) < 4.78 is 33.3. The highest BCUT2D eigenvalue weighted by molar-refractivity contribution is 7.92. The second-order valence-corrected chi connectivity index (χ2v) is 8.67. The van der Waals surface area contributed by atoms with Gasteiger partial charge >= 0.3 is 0 Å². The number of ether oxygens (including phenoxy) is 1. The number of piperazine rings is 1. The summed E-state index contributed by atoms with van der Waals surface area (Å²) in [7, 11) is -0.262. The van der Waals surface area contributed by atoms with Crippen molar-refractivity contribution in [1.82, 2.24) is 4.90 Å². The summed E-state index contributed by atoms with van der Waals surface area (Å²) in [6.45, 7) is 5.24. The molecule has 1 heterocycles. The van der Waals surface area contributed by atoms with Crippen molar-refractivity contribution in [2.24, 2.45) is 0 Å². The van der Waals surface area contributed by atoms with Gasteiger partial charge in [-0.2, -0.15) is 0 Å². The number of hydrogen-bond acceptors (Lipinski definition) is 6. The molecule has 2 aromatic rings. The van der Waals surface area contributed by atoms with Crippen LogP contribution in [0.4, 0.5) is 17.1 Å². The predicted molar refractivity (Wildman–Crippen MR) is 114 cm³/mol. The Kier molecular flexibility index (Phi) is 6.29. The lowest BCUT2D eigenvalue weighted by Gasteiger charge is -2.34. The highest BCUT2D eigenvalue weighted by atomic mass is 32.2. The van der Waals surface area contributed by atoms with Gasteiger partial charge in [0.05, 0.1) is 17.7 Å². The van der Waals surface area contributed by atoms with E-state index in [0.717, 1.165) is 31.9 Å². The Hall–Kier alpha value is -2.78. The quantitative estimate of drug-likeness (QED) is 0.748. The molecule has 156 valence electrons. The van der Waals surface area contributed by atoms with E-state index >= 15 is 0 Å². The minimum absolute atomic E-state index is 0.0326. The van der Waals surface area contributed by atoms with Crippen molar-refractivity contribution in [1.29, 1.82) is 0 Å². The maximum atomic E-state index is 12.8. The van der Waals surface area contributed by atoms with Gasteiger partial charge in [0.2, 0.25) is 5.91 Å². The highest BCUT2D eigenvalue weighted by Gasteiger charge is 2.18. The van der Waals surface area contributed by atoms with E-state index in [9.17, 15) is 13.2 Å². The number of carbonyl (C=O) groups excluding carboxylic acids is 1. The van der Waals surface area contributed by atoms with E-state index in [4.69, 9.17) is 4.74 Å². The van der Waals surface area contributed by atoms with Gasteiger partial charge in [0, 0.05) is 44.5 Å². The predicted octanol–water partition coefficient (Wildman–Crippen LogP) is 2.21. The summed E-state index contributed by atoms with van der Waals surface area (Å²) in [5.41, 5.74) is 1.84. The van der Waals surface area contributed by atoms with Gasteiger partial charge in [-0.1, -0.05) is 0 Å². The smallest absolute Gasteiger partial charge is 0.261 e. The molecule has 0 unspecified atom stereocenters. The molecule has 9 heteroatoms. The van der Waals surface area contributed by atoms with Gasteiger partial charge in [0.15, 0.2) is 0 Å². The van der Waals surface area contributed by atoms with Crippen molar-refractivity contribution in [2.45, 2.75) is 11.8 Å². The summed E-state index contributed by atoms with van der Waals surface area (Å²) in [6, 6.07) is 11.7. The molecule has 0 spiro atoms. The number of nitrogens with zero attached hydrogens (tertiary/aromatic N) is 2. The SMILES string of the molecule is COc1ccc(S(=O)(=O)Nc2ccc(N3CCN(C)CC3)cc2)cc1NC(C)=O. The number of methoxy groups -OCH3 is 1. The fourth-order valence-corrected chi connectivity index (χ4v) is 4.25. The van der Waals surface area contributed by atoms with Crippen molar-refractivity contribution in [3.8, 4) is 5.75 Å². The van der Waals surface area contributed by atoms with Gasteiger partial charge in [0.25, 0.3) is 10.0 Å². The monoisotopic (exact) mass is 418 g/mol. The van der Waals surface area contributed by atoms with E-state index in [-0.39, 0.29) is 10.8 Å². The fraction of sp³-hybridized carbons (Fsp3) is 0.350. The molecule has 1 amide bonds. The molecule has 0 radical (unpaired) electrons. The van der Waals surface area contributed by atoms with Crippen molar-refractivity contribution < 1.29 is 17.9 Å². The third-order valence-corrected chi connectivity index (χ3v) is 6.16.